The quantitative estimate of drug-likeness (QED) is 0.761. The third-order valence-corrected chi connectivity index (χ3v) is 3.21. The highest BCUT2D eigenvalue weighted by Crippen LogP contribution is 2.33. The molecule has 2 aliphatic rings. The molecule has 86 valence electrons. The van der Waals surface area contributed by atoms with E-state index in [9.17, 15) is 4.79 Å². The normalized spacial score (nSPS) is 21.1. The van der Waals surface area contributed by atoms with E-state index in [1.165, 1.54) is 0 Å². The van der Waals surface area contributed by atoms with Crippen LogP contribution in [0.1, 0.15) is 18.9 Å². The monoisotopic (exact) mass is 220 g/mol. The molecular weight excluding hydrogens is 204 g/mol. The van der Waals surface area contributed by atoms with Crippen LogP contribution in [0.5, 0.6) is 0 Å². The summed E-state index contributed by atoms with van der Waals surface area (Å²) in [6.45, 7) is 3.60. The van der Waals surface area contributed by atoms with Crippen LogP contribution in [-0.2, 0) is 0 Å². The fraction of sp³-hybridized carbons (Fsp3) is 0.636. The maximum Gasteiger partial charge on any atom is 0.293 e. The highest BCUT2D eigenvalue weighted by molar-refractivity contribution is 5.36. The average molecular weight is 220 g/mol. The fourth-order valence-corrected chi connectivity index (χ4v) is 2.15. The van der Waals surface area contributed by atoms with Crippen LogP contribution in [0.2, 0.25) is 0 Å². The topological polar surface area (TPSA) is 50.2 Å². The van der Waals surface area contributed by atoms with Crippen molar-refractivity contribution in [2.75, 3.05) is 31.1 Å². The summed E-state index contributed by atoms with van der Waals surface area (Å²) in [7, 11) is 0. The zero-order valence-electron chi connectivity index (χ0n) is 9.22. The summed E-state index contributed by atoms with van der Waals surface area (Å²) in [5, 5.41) is 3.28. The smallest absolute Gasteiger partial charge is 0.293 e. The third kappa shape index (κ3) is 1.71. The first-order chi connectivity index (χ1) is 7.86. The molecule has 0 bridgehead atoms. The van der Waals surface area contributed by atoms with Crippen molar-refractivity contribution in [3.63, 3.8) is 0 Å². The van der Waals surface area contributed by atoms with Crippen molar-refractivity contribution in [1.82, 2.24) is 14.9 Å². The Kier molecular flexibility index (Phi) is 2.40. The SMILES string of the molecule is O=c1c(N2CCNCC2)nccn1C1CC1. The van der Waals surface area contributed by atoms with Crippen molar-refractivity contribution in [1.29, 1.82) is 0 Å². The molecule has 1 aromatic rings. The van der Waals surface area contributed by atoms with Crippen LogP contribution in [0, 0.1) is 0 Å². The van der Waals surface area contributed by atoms with E-state index in [4.69, 9.17) is 0 Å². The molecule has 5 heteroatoms. The lowest BCUT2D eigenvalue weighted by Gasteiger charge is -2.27. The largest absolute Gasteiger partial charge is 0.349 e. The van der Waals surface area contributed by atoms with E-state index in [0.717, 1.165) is 39.0 Å². The predicted octanol–water partition coefficient (Wildman–Crippen LogP) is -0.0122. The van der Waals surface area contributed by atoms with Crippen molar-refractivity contribution in [2.24, 2.45) is 0 Å². The predicted molar refractivity (Wildman–Crippen MR) is 61.9 cm³/mol. The summed E-state index contributed by atoms with van der Waals surface area (Å²) in [6.07, 6.45) is 5.82. The molecule has 0 spiro atoms. The van der Waals surface area contributed by atoms with Gasteiger partial charge in [-0.15, -0.1) is 0 Å². The second-order valence-electron chi connectivity index (χ2n) is 4.43. The van der Waals surface area contributed by atoms with Gasteiger partial charge in [-0.1, -0.05) is 0 Å². The van der Waals surface area contributed by atoms with Gasteiger partial charge in [0.1, 0.15) is 0 Å². The standard InChI is InChI=1S/C11H16N4O/c16-11-10(14-6-3-12-4-7-14)13-5-8-15(11)9-1-2-9/h5,8-9,12H,1-4,6-7H2. The third-order valence-electron chi connectivity index (χ3n) is 3.21. The molecule has 2 heterocycles. The van der Waals surface area contributed by atoms with Crippen LogP contribution >= 0.6 is 0 Å². The van der Waals surface area contributed by atoms with Crippen molar-refractivity contribution in [3.05, 3.63) is 22.7 Å². The lowest BCUT2D eigenvalue weighted by Crippen LogP contribution is -2.46. The summed E-state index contributed by atoms with van der Waals surface area (Å²) >= 11 is 0. The maximum atomic E-state index is 12.2. The Bertz CT molecular complexity index is 432. The summed E-state index contributed by atoms with van der Waals surface area (Å²) in [5.41, 5.74) is 0.0758. The van der Waals surface area contributed by atoms with E-state index >= 15 is 0 Å². The maximum absolute atomic E-state index is 12.2. The van der Waals surface area contributed by atoms with E-state index in [1.54, 1.807) is 6.20 Å². The molecule has 5 nitrogen and oxygen atoms in total. The number of aromatic nitrogens is 2. The Morgan fingerprint density at radius 1 is 1.31 bits per heavy atom. The van der Waals surface area contributed by atoms with Crippen LogP contribution in [0.3, 0.4) is 0 Å². The number of hydrogen-bond donors (Lipinski definition) is 1. The average Bonchev–Trinajstić information content (AvgIpc) is 3.15. The minimum atomic E-state index is 0.0758. The van der Waals surface area contributed by atoms with Gasteiger partial charge in [-0.2, -0.15) is 0 Å². The Morgan fingerprint density at radius 3 is 2.75 bits per heavy atom. The van der Waals surface area contributed by atoms with Gasteiger partial charge >= 0.3 is 0 Å². The van der Waals surface area contributed by atoms with E-state index in [2.05, 4.69) is 15.2 Å². The molecular formula is C11H16N4O. The number of nitrogens with zero attached hydrogens (tertiary/aromatic N) is 3. The number of piperazine rings is 1. The van der Waals surface area contributed by atoms with Crippen LogP contribution in [-0.4, -0.2) is 35.7 Å². The molecule has 16 heavy (non-hydrogen) atoms. The number of anilines is 1. The van der Waals surface area contributed by atoms with Crippen LogP contribution < -0.4 is 15.8 Å². The lowest BCUT2D eigenvalue weighted by molar-refractivity contribution is 0.577. The summed E-state index contributed by atoms with van der Waals surface area (Å²) in [6, 6.07) is 0.428. The Morgan fingerprint density at radius 2 is 2.06 bits per heavy atom. The highest BCUT2D eigenvalue weighted by atomic mass is 16.1. The Labute approximate surface area is 94.1 Å². The molecule has 0 atom stereocenters. The molecule has 0 unspecified atom stereocenters. The molecule has 0 aromatic carbocycles. The van der Waals surface area contributed by atoms with Crippen LogP contribution in [0.15, 0.2) is 17.2 Å². The zero-order chi connectivity index (χ0) is 11.0. The minimum Gasteiger partial charge on any atom is -0.349 e. The van der Waals surface area contributed by atoms with Gasteiger partial charge in [-0.25, -0.2) is 4.98 Å². The van der Waals surface area contributed by atoms with Gasteiger partial charge < -0.3 is 14.8 Å². The molecule has 1 aliphatic heterocycles. The number of hydrogen-bond acceptors (Lipinski definition) is 4. The second kappa shape index (κ2) is 3.90. The van der Waals surface area contributed by atoms with Gasteiger partial charge in [0, 0.05) is 44.6 Å². The van der Waals surface area contributed by atoms with Gasteiger partial charge in [0.05, 0.1) is 0 Å². The molecule has 0 amide bonds. The van der Waals surface area contributed by atoms with Crippen molar-refractivity contribution in [3.8, 4) is 0 Å². The number of nitrogens with one attached hydrogen (secondary N) is 1. The van der Waals surface area contributed by atoms with Gasteiger partial charge in [-0.05, 0) is 12.8 Å². The first kappa shape index (κ1) is 9.84. The van der Waals surface area contributed by atoms with E-state index < -0.39 is 0 Å². The molecule has 1 saturated heterocycles. The van der Waals surface area contributed by atoms with E-state index in [-0.39, 0.29) is 5.56 Å². The van der Waals surface area contributed by atoms with Crippen molar-refractivity contribution in [2.45, 2.75) is 18.9 Å². The first-order valence-corrected chi connectivity index (χ1v) is 5.89. The van der Waals surface area contributed by atoms with E-state index in [1.807, 2.05) is 10.8 Å². The summed E-state index contributed by atoms with van der Waals surface area (Å²) in [4.78, 5) is 18.5. The van der Waals surface area contributed by atoms with Crippen LogP contribution in [0.25, 0.3) is 0 Å². The van der Waals surface area contributed by atoms with Gasteiger partial charge in [0.25, 0.3) is 5.56 Å². The summed E-state index contributed by atoms with van der Waals surface area (Å²) in [5.74, 6) is 0.621. The van der Waals surface area contributed by atoms with Gasteiger partial charge in [-0.3, -0.25) is 4.79 Å². The lowest BCUT2D eigenvalue weighted by atomic mass is 10.3. The van der Waals surface area contributed by atoms with Crippen molar-refractivity contribution >= 4 is 5.82 Å². The first-order valence-electron chi connectivity index (χ1n) is 5.89. The zero-order valence-corrected chi connectivity index (χ0v) is 9.22. The molecule has 2 fully saturated rings. The molecule has 1 aromatic heterocycles. The summed E-state index contributed by atoms with van der Waals surface area (Å²) < 4.78 is 1.84. The molecule has 1 aliphatic carbocycles. The van der Waals surface area contributed by atoms with Crippen LogP contribution in [0.4, 0.5) is 5.82 Å². The van der Waals surface area contributed by atoms with E-state index in [0.29, 0.717) is 11.9 Å². The Hall–Kier alpha value is -1.36. The minimum absolute atomic E-state index is 0.0758. The van der Waals surface area contributed by atoms with Crippen molar-refractivity contribution < 1.29 is 0 Å². The molecule has 1 N–H and O–H groups in total. The van der Waals surface area contributed by atoms with Gasteiger partial charge in [0.15, 0.2) is 5.82 Å². The Balaban J connectivity index is 1.93. The fourth-order valence-electron chi connectivity index (χ4n) is 2.15. The number of rotatable bonds is 2. The van der Waals surface area contributed by atoms with Gasteiger partial charge in [0.2, 0.25) is 0 Å². The molecule has 1 saturated carbocycles. The highest BCUT2D eigenvalue weighted by Gasteiger charge is 2.26. The molecule has 3 rings (SSSR count). The molecule has 0 radical (unpaired) electrons. The second-order valence-corrected chi connectivity index (χ2v) is 4.43.